The molecular formula is C7H6NOs. The van der Waals surface area contributed by atoms with Crippen LogP contribution in [-0.2, 0) is 19.8 Å². The zero-order valence-corrected chi connectivity index (χ0v) is 7.36. The first-order chi connectivity index (χ1) is 3.93. The van der Waals surface area contributed by atoms with E-state index in [1.807, 2.05) is 6.07 Å². The van der Waals surface area contributed by atoms with E-state index in [2.05, 4.69) is 17.8 Å². The van der Waals surface area contributed by atoms with Crippen molar-refractivity contribution in [1.82, 2.24) is 4.98 Å². The summed E-state index contributed by atoms with van der Waals surface area (Å²) in [4.78, 5) is 3.72. The van der Waals surface area contributed by atoms with Crippen molar-refractivity contribution < 1.29 is 19.8 Å². The van der Waals surface area contributed by atoms with Crippen LogP contribution in [-0.4, -0.2) is 4.98 Å². The van der Waals surface area contributed by atoms with Crippen molar-refractivity contribution in [2.75, 3.05) is 0 Å². The first-order valence-electron chi connectivity index (χ1n) is 2.38. The van der Waals surface area contributed by atoms with Gasteiger partial charge in [0.25, 0.3) is 0 Å². The fraction of sp³-hybridized carbons (Fsp3) is 0. The minimum absolute atomic E-state index is 0. The van der Waals surface area contributed by atoms with Crippen LogP contribution in [0.4, 0.5) is 0 Å². The van der Waals surface area contributed by atoms with Crippen LogP contribution >= 0.6 is 0 Å². The minimum atomic E-state index is 0. The second kappa shape index (κ2) is 4.41. The van der Waals surface area contributed by atoms with Gasteiger partial charge in [-0.05, 0) is 0 Å². The normalized spacial score (nSPS) is 7.56. The van der Waals surface area contributed by atoms with Crippen molar-refractivity contribution in [3.8, 4) is 0 Å². The van der Waals surface area contributed by atoms with Crippen molar-refractivity contribution in [2.45, 2.75) is 0 Å². The summed E-state index contributed by atoms with van der Waals surface area (Å²) in [6, 6.07) is 3.66. The monoisotopic (exact) mass is 296 g/mol. The summed E-state index contributed by atoms with van der Waals surface area (Å²) in [7, 11) is 0. The Bertz CT molecular complexity index is 172. The van der Waals surface area contributed by atoms with Gasteiger partial charge in [0.05, 0.1) is 0 Å². The Hall–Kier alpha value is -0.474. The van der Waals surface area contributed by atoms with E-state index in [-0.39, 0.29) is 19.8 Å². The average molecular weight is 294 g/mol. The molecular weight excluding hydrogens is 288 g/mol. The molecule has 0 aromatic carbocycles. The number of pyridine rings is 1. The zero-order valence-electron chi connectivity index (χ0n) is 4.82. The summed E-state index contributed by atoms with van der Waals surface area (Å²) in [5, 5.41) is 0. The number of hydrogen-bond acceptors (Lipinski definition) is 1. The molecule has 1 aromatic heterocycles. The summed E-state index contributed by atoms with van der Waals surface area (Å²) >= 11 is 0. The van der Waals surface area contributed by atoms with Gasteiger partial charge in [0.1, 0.15) is 0 Å². The van der Waals surface area contributed by atoms with E-state index in [1.165, 1.54) is 0 Å². The first-order valence-corrected chi connectivity index (χ1v) is 2.38. The zero-order chi connectivity index (χ0) is 5.82. The second-order valence-electron chi connectivity index (χ2n) is 1.42. The molecule has 0 unspecified atom stereocenters. The molecule has 0 atom stereocenters. The largest absolute Gasteiger partial charge is 1.00 e. The topological polar surface area (TPSA) is 12.9 Å². The van der Waals surface area contributed by atoms with Crippen molar-refractivity contribution >= 4 is 6.08 Å². The Morgan fingerprint density at radius 1 is 1.67 bits per heavy atom. The molecule has 0 saturated carbocycles. The van der Waals surface area contributed by atoms with Crippen LogP contribution in [0.3, 0.4) is 0 Å². The van der Waals surface area contributed by atoms with Crippen molar-refractivity contribution in [2.24, 2.45) is 0 Å². The molecule has 0 spiro atoms. The van der Waals surface area contributed by atoms with Crippen LogP contribution < -0.4 is 0 Å². The van der Waals surface area contributed by atoms with Gasteiger partial charge in [-0.2, -0.15) is 6.07 Å². The molecule has 0 bridgehead atoms. The predicted molar refractivity (Wildman–Crippen MR) is 33.2 cm³/mol. The molecule has 0 aliphatic rings. The van der Waals surface area contributed by atoms with E-state index in [0.29, 0.717) is 0 Å². The van der Waals surface area contributed by atoms with Gasteiger partial charge in [-0.25, -0.2) is 0 Å². The number of hydrogen-bond donors (Lipinski definition) is 0. The maximum atomic E-state index is 3.72. The van der Waals surface area contributed by atoms with Gasteiger partial charge in [-0.1, -0.05) is 12.4 Å². The molecule has 1 nitrogen and oxygen atoms in total. The van der Waals surface area contributed by atoms with E-state index in [4.69, 9.17) is 0 Å². The van der Waals surface area contributed by atoms with Crippen LogP contribution in [0, 0.1) is 6.20 Å². The Morgan fingerprint density at radius 3 is 2.78 bits per heavy atom. The third kappa shape index (κ3) is 2.53. The number of rotatable bonds is 1. The number of aromatic nitrogens is 1. The standard InChI is InChI=1S/C7H6N.Os/c1-2-7-3-5-8-6-4-7;/h2-5H,1H2;/q-1;+1. The Labute approximate surface area is 67.9 Å². The molecule has 0 saturated heterocycles. The molecule has 1 heterocycles. The van der Waals surface area contributed by atoms with E-state index in [1.54, 1.807) is 18.3 Å². The fourth-order valence-electron chi connectivity index (χ4n) is 0.453. The molecule has 0 aliphatic carbocycles. The summed E-state index contributed by atoms with van der Waals surface area (Å²) in [5.41, 5.74) is 1.06. The van der Waals surface area contributed by atoms with Crippen LogP contribution in [0.2, 0.25) is 0 Å². The van der Waals surface area contributed by atoms with E-state index < -0.39 is 0 Å². The molecule has 2 heteroatoms. The van der Waals surface area contributed by atoms with Crippen molar-refractivity contribution in [3.05, 3.63) is 36.7 Å². The quantitative estimate of drug-likeness (QED) is 0.716. The second-order valence-corrected chi connectivity index (χ2v) is 1.42. The van der Waals surface area contributed by atoms with Gasteiger partial charge in [-0.15, -0.1) is 24.3 Å². The van der Waals surface area contributed by atoms with Gasteiger partial charge in [-0.3, -0.25) is 0 Å². The van der Waals surface area contributed by atoms with Crippen molar-refractivity contribution in [1.29, 1.82) is 0 Å². The molecule has 9 heavy (non-hydrogen) atoms. The summed E-state index contributed by atoms with van der Waals surface area (Å²) in [5.74, 6) is 0. The molecule has 0 amide bonds. The smallest absolute Gasteiger partial charge is 0.394 e. The van der Waals surface area contributed by atoms with Crippen LogP contribution in [0.25, 0.3) is 6.08 Å². The molecule has 0 aliphatic heterocycles. The summed E-state index contributed by atoms with van der Waals surface area (Å²) in [6.07, 6.45) is 6.14. The minimum Gasteiger partial charge on any atom is -0.394 e. The molecule has 1 radical (unpaired) electrons. The SMILES string of the molecule is C=Cc1c[c-]ncc1.[Os+]. The maximum absolute atomic E-state index is 3.72. The molecule has 1 aromatic rings. The van der Waals surface area contributed by atoms with E-state index in [0.717, 1.165) is 5.56 Å². The van der Waals surface area contributed by atoms with Crippen LogP contribution in [0.15, 0.2) is 24.9 Å². The van der Waals surface area contributed by atoms with E-state index >= 15 is 0 Å². The first kappa shape index (κ1) is 8.53. The molecule has 0 fully saturated rings. The molecule has 1 rings (SSSR count). The summed E-state index contributed by atoms with van der Waals surface area (Å²) in [6.45, 7) is 3.58. The fourth-order valence-corrected chi connectivity index (χ4v) is 0.453. The number of nitrogens with zero attached hydrogens (tertiary/aromatic N) is 1. The third-order valence-corrected chi connectivity index (χ3v) is 0.883. The molecule has 47 valence electrons. The predicted octanol–water partition coefficient (Wildman–Crippen LogP) is 1.52. The Kier molecular flexibility index (Phi) is 4.18. The maximum Gasteiger partial charge on any atom is 1.00 e. The van der Waals surface area contributed by atoms with Crippen LogP contribution in [0.5, 0.6) is 0 Å². The van der Waals surface area contributed by atoms with Crippen molar-refractivity contribution in [3.63, 3.8) is 0 Å². The molecule has 0 N–H and O–H groups in total. The summed E-state index contributed by atoms with van der Waals surface area (Å²) < 4.78 is 0. The van der Waals surface area contributed by atoms with Gasteiger partial charge < -0.3 is 4.98 Å². The van der Waals surface area contributed by atoms with Gasteiger partial charge in [0, 0.05) is 0 Å². The van der Waals surface area contributed by atoms with E-state index in [9.17, 15) is 0 Å². The Balaban J connectivity index is 0.000000640. The van der Waals surface area contributed by atoms with Gasteiger partial charge in [0.2, 0.25) is 0 Å². The van der Waals surface area contributed by atoms with Gasteiger partial charge in [0.15, 0.2) is 0 Å². The third-order valence-electron chi connectivity index (χ3n) is 0.883. The Morgan fingerprint density at radius 2 is 2.44 bits per heavy atom. The van der Waals surface area contributed by atoms with Gasteiger partial charge >= 0.3 is 19.8 Å². The average Bonchev–Trinajstić information content (AvgIpc) is 1.90. The van der Waals surface area contributed by atoms with Crippen LogP contribution in [0.1, 0.15) is 5.56 Å².